The Labute approximate surface area is 217 Å². The van der Waals surface area contributed by atoms with Crippen LogP contribution in [-0.2, 0) is 11.3 Å². The Balaban J connectivity index is 1.62. The number of nitriles is 1. The van der Waals surface area contributed by atoms with Gasteiger partial charge in [0.1, 0.15) is 11.8 Å². The molecule has 1 N–H and O–H groups in total. The van der Waals surface area contributed by atoms with Gasteiger partial charge in [-0.1, -0.05) is 54.4 Å². The van der Waals surface area contributed by atoms with Crippen molar-refractivity contribution in [3.63, 3.8) is 0 Å². The standard InChI is InChI=1S/C29H29ClN4O2/c1-32-29(35)27-10-6-7-15-34(27)19-22-16-25(30)21(17-28(22)36-2)11-12-26-24(18-31)23(13-14-33-26)20-8-4-3-5-9-20/h3-5,8-9,11-14,16-17,27H,6-7,10,15,19H2,1-2H3,(H,32,35)/b12-11+/t27-/m0/s1. The molecule has 36 heavy (non-hydrogen) atoms. The van der Waals surface area contributed by atoms with Crippen molar-refractivity contribution in [2.24, 2.45) is 0 Å². The number of carbonyl (C=O) groups excluding carboxylic acids is 1. The molecule has 0 spiro atoms. The summed E-state index contributed by atoms with van der Waals surface area (Å²) in [7, 11) is 3.31. The Hall–Kier alpha value is -3.66. The van der Waals surface area contributed by atoms with Crippen molar-refractivity contribution in [1.82, 2.24) is 15.2 Å². The van der Waals surface area contributed by atoms with Gasteiger partial charge >= 0.3 is 0 Å². The van der Waals surface area contributed by atoms with Gasteiger partial charge in [-0.05, 0) is 54.8 Å². The molecule has 4 rings (SSSR count). The molecule has 0 saturated carbocycles. The van der Waals surface area contributed by atoms with E-state index in [-0.39, 0.29) is 11.9 Å². The highest BCUT2D eigenvalue weighted by Gasteiger charge is 2.28. The van der Waals surface area contributed by atoms with Crippen LogP contribution >= 0.6 is 11.6 Å². The monoisotopic (exact) mass is 500 g/mol. The lowest BCUT2D eigenvalue weighted by molar-refractivity contribution is -0.127. The van der Waals surface area contributed by atoms with Crippen molar-refractivity contribution in [1.29, 1.82) is 5.26 Å². The SMILES string of the molecule is CNC(=O)[C@@H]1CCCCN1Cc1cc(Cl)c(/C=C/c2nccc(-c3ccccc3)c2C#N)cc1OC. The summed E-state index contributed by atoms with van der Waals surface area (Å²) in [5.74, 6) is 0.740. The Morgan fingerprint density at radius 2 is 2.06 bits per heavy atom. The van der Waals surface area contributed by atoms with Crippen LogP contribution < -0.4 is 10.1 Å². The van der Waals surface area contributed by atoms with Gasteiger partial charge in [-0.15, -0.1) is 0 Å². The summed E-state index contributed by atoms with van der Waals surface area (Å²) >= 11 is 6.68. The third-order valence-corrected chi connectivity index (χ3v) is 6.86. The molecule has 6 nitrogen and oxygen atoms in total. The van der Waals surface area contributed by atoms with Crippen molar-refractivity contribution in [3.8, 4) is 22.9 Å². The summed E-state index contributed by atoms with van der Waals surface area (Å²) in [5.41, 5.74) is 4.55. The number of hydrogen-bond acceptors (Lipinski definition) is 5. The lowest BCUT2D eigenvalue weighted by Crippen LogP contribution is -2.48. The van der Waals surface area contributed by atoms with Gasteiger partial charge in [0.15, 0.2) is 0 Å². The molecule has 1 amide bonds. The number of carbonyl (C=O) groups is 1. The number of aromatic nitrogens is 1. The van der Waals surface area contributed by atoms with E-state index in [2.05, 4.69) is 21.3 Å². The summed E-state index contributed by atoms with van der Waals surface area (Å²) in [6, 6.07) is 17.6. The predicted octanol–water partition coefficient (Wildman–Crippen LogP) is 5.55. The van der Waals surface area contributed by atoms with Gasteiger partial charge < -0.3 is 10.1 Å². The Bertz CT molecular complexity index is 1300. The molecule has 7 heteroatoms. The summed E-state index contributed by atoms with van der Waals surface area (Å²) in [4.78, 5) is 19.0. The van der Waals surface area contributed by atoms with Crippen LogP contribution in [0.2, 0.25) is 5.02 Å². The van der Waals surface area contributed by atoms with Gasteiger partial charge in [0.2, 0.25) is 5.91 Å². The summed E-state index contributed by atoms with van der Waals surface area (Å²) in [6.45, 7) is 1.42. The lowest BCUT2D eigenvalue weighted by atomic mass is 9.99. The normalized spacial score (nSPS) is 16.0. The maximum atomic E-state index is 12.4. The molecule has 1 aliphatic rings. The molecular weight excluding hydrogens is 472 g/mol. The number of nitrogens with zero attached hydrogens (tertiary/aromatic N) is 3. The number of rotatable bonds is 7. The van der Waals surface area contributed by atoms with Gasteiger partial charge in [-0.3, -0.25) is 14.7 Å². The van der Waals surface area contributed by atoms with E-state index in [0.717, 1.165) is 48.1 Å². The zero-order valence-electron chi connectivity index (χ0n) is 20.5. The number of piperidine rings is 1. The van der Waals surface area contributed by atoms with Crippen LogP contribution in [0.3, 0.4) is 0 Å². The molecular formula is C29H29ClN4O2. The number of methoxy groups -OCH3 is 1. The maximum Gasteiger partial charge on any atom is 0.237 e. The molecule has 184 valence electrons. The summed E-state index contributed by atoms with van der Waals surface area (Å²) in [5, 5.41) is 13.2. The van der Waals surface area contributed by atoms with Gasteiger partial charge in [0.05, 0.1) is 24.4 Å². The largest absolute Gasteiger partial charge is 0.496 e. The number of likely N-dealkylation sites (tertiary alicyclic amines) is 1. The summed E-state index contributed by atoms with van der Waals surface area (Å²) in [6.07, 6.45) is 8.29. The molecule has 1 saturated heterocycles. The fourth-order valence-electron chi connectivity index (χ4n) is 4.66. The fraction of sp³-hybridized carbons (Fsp3) is 0.276. The number of benzene rings is 2. The highest BCUT2D eigenvalue weighted by atomic mass is 35.5. The Kier molecular flexibility index (Phi) is 8.37. The molecule has 0 radical (unpaired) electrons. The van der Waals surface area contributed by atoms with Crippen molar-refractivity contribution in [2.45, 2.75) is 31.8 Å². The number of ether oxygens (including phenoxy) is 1. The lowest BCUT2D eigenvalue weighted by Gasteiger charge is -2.34. The highest BCUT2D eigenvalue weighted by molar-refractivity contribution is 6.32. The van der Waals surface area contributed by atoms with Crippen LogP contribution in [0, 0.1) is 11.3 Å². The molecule has 2 heterocycles. The second-order valence-electron chi connectivity index (χ2n) is 8.71. The first-order chi connectivity index (χ1) is 17.5. The van der Waals surface area contributed by atoms with E-state index in [1.807, 2.05) is 54.6 Å². The first kappa shape index (κ1) is 25.4. The van der Waals surface area contributed by atoms with Crippen LogP contribution in [0.4, 0.5) is 0 Å². The van der Waals surface area contributed by atoms with E-state index >= 15 is 0 Å². The summed E-state index contributed by atoms with van der Waals surface area (Å²) < 4.78 is 5.69. The van der Waals surface area contributed by atoms with Crippen LogP contribution in [0.5, 0.6) is 5.75 Å². The van der Waals surface area contributed by atoms with E-state index in [9.17, 15) is 10.1 Å². The smallest absolute Gasteiger partial charge is 0.237 e. The first-order valence-electron chi connectivity index (χ1n) is 12.0. The number of halogens is 1. The van der Waals surface area contributed by atoms with Crippen LogP contribution in [0.25, 0.3) is 23.3 Å². The van der Waals surface area contributed by atoms with Crippen LogP contribution in [-0.4, -0.2) is 42.5 Å². The second-order valence-corrected chi connectivity index (χ2v) is 9.12. The number of hydrogen-bond donors (Lipinski definition) is 1. The zero-order valence-corrected chi connectivity index (χ0v) is 21.3. The van der Waals surface area contributed by atoms with Crippen molar-refractivity contribution >= 4 is 29.7 Å². The minimum absolute atomic E-state index is 0.0397. The third-order valence-electron chi connectivity index (χ3n) is 6.53. The van der Waals surface area contributed by atoms with E-state index in [1.54, 1.807) is 26.4 Å². The van der Waals surface area contributed by atoms with Gasteiger partial charge in [-0.25, -0.2) is 0 Å². The van der Waals surface area contributed by atoms with E-state index < -0.39 is 0 Å². The topological polar surface area (TPSA) is 78.3 Å². The minimum atomic E-state index is -0.154. The van der Waals surface area contributed by atoms with E-state index in [0.29, 0.717) is 28.6 Å². The minimum Gasteiger partial charge on any atom is -0.496 e. The molecule has 1 fully saturated rings. The van der Waals surface area contributed by atoms with Gasteiger partial charge in [-0.2, -0.15) is 5.26 Å². The second kappa shape index (κ2) is 11.9. The van der Waals surface area contributed by atoms with Crippen molar-refractivity contribution < 1.29 is 9.53 Å². The number of amides is 1. The van der Waals surface area contributed by atoms with Gasteiger partial charge in [0.25, 0.3) is 0 Å². The van der Waals surface area contributed by atoms with Gasteiger partial charge in [0, 0.05) is 35.9 Å². The molecule has 1 atom stereocenters. The molecule has 1 aromatic heterocycles. The zero-order chi connectivity index (χ0) is 25.5. The molecule has 3 aromatic rings. The van der Waals surface area contributed by atoms with Crippen molar-refractivity contribution in [2.75, 3.05) is 20.7 Å². The van der Waals surface area contributed by atoms with Crippen molar-refractivity contribution in [3.05, 3.63) is 82.1 Å². The maximum absolute atomic E-state index is 12.4. The quantitative estimate of drug-likeness (QED) is 0.460. The number of likely N-dealkylation sites (N-methyl/N-ethyl adjacent to an activating group) is 1. The fourth-order valence-corrected chi connectivity index (χ4v) is 4.91. The molecule has 0 bridgehead atoms. The predicted molar refractivity (Wildman–Crippen MR) is 143 cm³/mol. The van der Waals surface area contributed by atoms with Crippen LogP contribution in [0.15, 0.2) is 54.7 Å². The molecule has 0 aliphatic carbocycles. The Morgan fingerprint density at radius 1 is 1.25 bits per heavy atom. The number of pyridine rings is 1. The number of nitrogens with one attached hydrogen (secondary N) is 1. The molecule has 2 aromatic carbocycles. The van der Waals surface area contributed by atoms with E-state index in [1.165, 1.54) is 0 Å². The molecule has 1 aliphatic heterocycles. The van der Waals surface area contributed by atoms with E-state index in [4.69, 9.17) is 16.3 Å². The Morgan fingerprint density at radius 3 is 2.78 bits per heavy atom. The first-order valence-corrected chi connectivity index (χ1v) is 12.4. The highest BCUT2D eigenvalue weighted by Crippen LogP contribution is 2.32. The third kappa shape index (κ3) is 5.59. The average Bonchev–Trinajstić information content (AvgIpc) is 2.92. The van der Waals surface area contributed by atoms with Crippen LogP contribution in [0.1, 0.15) is 41.6 Å². The average molecular weight is 501 g/mol. The molecule has 0 unspecified atom stereocenters.